The molecule has 0 amide bonds. The number of hydrogen-bond acceptors (Lipinski definition) is 6. The van der Waals surface area contributed by atoms with Gasteiger partial charge in [0, 0.05) is 65.4 Å². The van der Waals surface area contributed by atoms with Gasteiger partial charge in [-0.15, -0.1) is 11.3 Å². The van der Waals surface area contributed by atoms with Crippen molar-refractivity contribution in [3.63, 3.8) is 0 Å². The molecule has 60 heavy (non-hydrogen) atoms. The summed E-state index contributed by atoms with van der Waals surface area (Å²) in [4.78, 5) is 15.9. The lowest BCUT2D eigenvalue weighted by atomic mass is 9.95. The maximum Gasteiger partial charge on any atom is 0.166 e. The molecule has 12 aromatic rings. The van der Waals surface area contributed by atoms with Crippen LogP contribution >= 0.6 is 11.3 Å². The molecule has 5 heterocycles. The highest BCUT2D eigenvalue weighted by Crippen LogP contribution is 2.47. The fourth-order valence-corrected chi connectivity index (χ4v) is 10.3. The van der Waals surface area contributed by atoms with Crippen molar-refractivity contribution in [2.24, 2.45) is 0 Å². The number of nitrogens with zero attached hydrogens (tertiary/aromatic N) is 4. The van der Waals surface area contributed by atoms with Crippen LogP contribution in [0.3, 0.4) is 0 Å². The number of hydrogen-bond donors (Lipinski definition) is 1. The van der Waals surface area contributed by atoms with Crippen LogP contribution in [0.15, 0.2) is 180 Å². The van der Waals surface area contributed by atoms with Gasteiger partial charge in [0.25, 0.3) is 0 Å². The summed E-state index contributed by atoms with van der Waals surface area (Å²) in [5.41, 5.74) is 11.0. The molecule has 1 aliphatic heterocycles. The Morgan fingerprint density at radius 1 is 0.500 bits per heavy atom. The molecule has 0 bridgehead atoms. The smallest absolute Gasteiger partial charge is 0.166 e. The standard InChI is InChI=1S/C53H33N5OS/c1-3-12-31(13-4-1)51-55-52(32-14-5-2-6-15-32)57-53(56-51)49-43(58-41-19-9-7-16-36(41)37-17-8-10-20-42(37)58)26-27-45-50(49)48-35(18-11-21-44(48)59-45)33-22-24-38-39-25-23-34(40-30-54-40)29-47(39)60-46(38)28-33/h1-29,40,54H,30H2. The molecule has 0 saturated carbocycles. The van der Waals surface area contributed by atoms with Gasteiger partial charge in [0.1, 0.15) is 11.2 Å². The lowest BCUT2D eigenvalue weighted by Crippen LogP contribution is -2.04. The monoisotopic (exact) mass is 787 g/mol. The Morgan fingerprint density at radius 2 is 1.10 bits per heavy atom. The first kappa shape index (κ1) is 33.5. The molecule has 0 aliphatic carbocycles. The number of benzene rings is 8. The van der Waals surface area contributed by atoms with Crippen LogP contribution in [0.2, 0.25) is 0 Å². The fraction of sp³-hybridized carbons (Fsp3) is 0.0377. The van der Waals surface area contributed by atoms with Gasteiger partial charge in [-0.3, -0.25) is 0 Å². The second-order valence-electron chi connectivity index (χ2n) is 15.6. The van der Waals surface area contributed by atoms with Gasteiger partial charge in [-0.05, 0) is 59.2 Å². The summed E-state index contributed by atoms with van der Waals surface area (Å²) >= 11 is 1.86. The van der Waals surface area contributed by atoms with E-state index < -0.39 is 0 Å². The number of para-hydroxylation sites is 2. The molecule has 1 atom stereocenters. The first-order valence-corrected chi connectivity index (χ1v) is 21.1. The van der Waals surface area contributed by atoms with Crippen molar-refractivity contribution in [2.45, 2.75) is 6.04 Å². The zero-order chi connectivity index (χ0) is 39.3. The third-order valence-corrected chi connectivity index (χ3v) is 13.1. The molecule has 6 nitrogen and oxygen atoms in total. The summed E-state index contributed by atoms with van der Waals surface area (Å²) < 4.78 is 11.8. The van der Waals surface area contributed by atoms with Gasteiger partial charge in [0.05, 0.1) is 22.3 Å². The first-order chi connectivity index (χ1) is 29.7. The second-order valence-corrected chi connectivity index (χ2v) is 16.6. The predicted octanol–water partition coefficient (Wildman–Crippen LogP) is 13.5. The van der Waals surface area contributed by atoms with Crippen LogP contribution in [0.4, 0.5) is 0 Å². The Labute approximate surface area is 348 Å². The van der Waals surface area contributed by atoms with Crippen LogP contribution in [0.25, 0.3) is 115 Å². The molecule has 7 heteroatoms. The van der Waals surface area contributed by atoms with Crippen LogP contribution in [0, 0.1) is 0 Å². The number of aromatic nitrogens is 4. The SMILES string of the molecule is c1ccc(-c2nc(-c3ccccc3)nc(-c3c(-n4c5ccccc5c5ccccc54)ccc4oc5cccc(-c6ccc7c(c6)sc6cc(C8CN8)ccc67)c5c34)n2)cc1. The Kier molecular flexibility index (Phi) is 7.28. The van der Waals surface area contributed by atoms with Crippen LogP contribution in [-0.2, 0) is 0 Å². The average Bonchev–Trinajstić information content (AvgIpc) is 3.89. The zero-order valence-corrected chi connectivity index (χ0v) is 32.9. The van der Waals surface area contributed by atoms with E-state index >= 15 is 0 Å². The number of nitrogens with one attached hydrogen (secondary N) is 1. The number of furan rings is 1. The van der Waals surface area contributed by atoms with Gasteiger partial charge in [-0.1, -0.05) is 133 Å². The highest BCUT2D eigenvalue weighted by Gasteiger charge is 2.26. The van der Waals surface area contributed by atoms with Gasteiger partial charge in [-0.25, -0.2) is 15.0 Å². The highest BCUT2D eigenvalue weighted by atomic mass is 32.1. The number of fused-ring (bicyclic) bond motifs is 9. The summed E-state index contributed by atoms with van der Waals surface area (Å²) in [5.74, 6) is 1.78. The normalized spacial score (nSPS) is 14.0. The fourth-order valence-electron chi connectivity index (χ4n) is 9.13. The molecule has 1 saturated heterocycles. The molecule has 8 aromatic carbocycles. The molecule has 1 aliphatic rings. The maximum atomic E-state index is 6.85. The van der Waals surface area contributed by atoms with Gasteiger partial charge in [-0.2, -0.15) is 0 Å². The Morgan fingerprint density at radius 3 is 1.78 bits per heavy atom. The van der Waals surface area contributed by atoms with Crippen molar-refractivity contribution in [2.75, 3.05) is 6.54 Å². The molecule has 1 N–H and O–H groups in total. The largest absolute Gasteiger partial charge is 0.456 e. The Hall–Kier alpha value is -7.45. The second kappa shape index (κ2) is 13.0. The van der Waals surface area contributed by atoms with Crippen molar-refractivity contribution >= 4 is 75.3 Å². The van der Waals surface area contributed by atoms with Gasteiger partial charge < -0.3 is 14.3 Å². The maximum absolute atomic E-state index is 6.85. The van der Waals surface area contributed by atoms with E-state index in [4.69, 9.17) is 19.4 Å². The molecule has 282 valence electrons. The van der Waals surface area contributed by atoms with E-state index in [0.717, 1.165) is 73.0 Å². The minimum absolute atomic E-state index is 0.473. The summed E-state index contributed by atoms with van der Waals surface area (Å²) in [6, 6.07) is 62.6. The first-order valence-electron chi connectivity index (χ1n) is 20.3. The third kappa shape index (κ3) is 5.20. The predicted molar refractivity (Wildman–Crippen MR) is 247 cm³/mol. The molecule has 1 unspecified atom stereocenters. The van der Waals surface area contributed by atoms with Crippen molar-refractivity contribution in [3.8, 4) is 51.0 Å². The molecule has 13 rings (SSSR count). The van der Waals surface area contributed by atoms with Crippen molar-refractivity contribution < 1.29 is 4.42 Å². The van der Waals surface area contributed by atoms with E-state index in [9.17, 15) is 0 Å². The topological polar surface area (TPSA) is 78.7 Å². The van der Waals surface area contributed by atoms with Crippen molar-refractivity contribution in [1.82, 2.24) is 24.8 Å². The van der Waals surface area contributed by atoms with E-state index in [1.807, 2.05) is 47.7 Å². The van der Waals surface area contributed by atoms with Crippen LogP contribution < -0.4 is 5.32 Å². The summed E-state index contributed by atoms with van der Waals surface area (Å²) in [6.45, 7) is 1.05. The molecular weight excluding hydrogens is 755 g/mol. The minimum atomic E-state index is 0.473. The zero-order valence-electron chi connectivity index (χ0n) is 32.1. The van der Waals surface area contributed by atoms with Gasteiger partial charge in [0.15, 0.2) is 17.5 Å². The molecule has 0 radical (unpaired) electrons. The van der Waals surface area contributed by atoms with Crippen LogP contribution in [-0.4, -0.2) is 26.1 Å². The summed E-state index contributed by atoms with van der Waals surface area (Å²) in [7, 11) is 0. The van der Waals surface area contributed by atoms with Gasteiger partial charge in [0.2, 0.25) is 0 Å². The van der Waals surface area contributed by atoms with E-state index in [1.54, 1.807) is 0 Å². The lowest BCUT2D eigenvalue weighted by molar-refractivity contribution is 0.669. The Balaban J connectivity index is 1.14. The quantitative estimate of drug-likeness (QED) is 0.170. The van der Waals surface area contributed by atoms with Crippen LogP contribution in [0.5, 0.6) is 0 Å². The van der Waals surface area contributed by atoms with E-state index in [-0.39, 0.29) is 0 Å². The molecule has 4 aromatic heterocycles. The number of thiophene rings is 1. The highest BCUT2D eigenvalue weighted by molar-refractivity contribution is 7.25. The number of rotatable bonds is 6. The van der Waals surface area contributed by atoms with Gasteiger partial charge >= 0.3 is 0 Å². The van der Waals surface area contributed by atoms with E-state index in [2.05, 4.69) is 149 Å². The summed E-state index contributed by atoms with van der Waals surface area (Å²) in [6.07, 6.45) is 0. The van der Waals surface area contributed by atoms with Crippen molar-refractivity contribution in [1.29, 1.82) is 0 Å². The average molecular weight is 788 g/mol. The lowest BCUT2D eigenvalue weighted by Gasteiger charge is -2.16. The van der Waals surface area contributed by atoms with E-state index in [1.165, 1.54) is 36.5 Å². The molecule has 1 fully saturated rings. The summed E-state index contributed by atoms with van der Waals surface area (Å²) in [5, 5.41) is 10.4. The van der Waals surface area contributed by atoms with E-state index in [0.29, 0.717) is 23.5 Å². The Bertz CT molecular complexity index is 3560. The molecule has 0 spiro atoms. The van der Waals surface area contributed by atoms with Crippen LogP contribution in [0.1, 0.15) is 11.6 Å². The third-order valence-electron chi connectivity index (χ3n) is 12.0. The van der Waals surface area contributed by atoms with Crippen molar-refractivity contribution in [3.05, 3.63) is 181 Å². The molecular formula is C53H33N5OS. The minimum Gasteiger partial charge on any atom is -0.456 e.